The number of ether oxygens (including phenoxy) is 1. The molecule has 26 heavy (non-hydrogen) atoms. The lowest BCUT2D eigenvalue weighted by Crippen LogP contribution is -2.34. The Morgan fingerprint density at radius 3 is 2.46 bits per heavy atom. The first-order chi connectivity index (χ1) is 12.6. The van der Waals surface area contributed by atoms with E-state index in [1.807, 2.05) is 36.4 Å². The van der Waals surface area contributed by atoms with Crippen LogP contribution in [0.2, 0.25) is 0 Å². The van der Waals surface area contributed by atoms with Gasteiger partial charge >= 0.3 is 5.97 Å². The second kappa shape index (κ2) is 8.52. The van der Waals surface area contributed by atoms with E-state index in [1.54, 1.807) is 18.2 Å². The second-order valence-electron chi connectivity index (χ2n) is 6.69. The number of carboxylic acid groups (broad SMARTS) is 1. The molecule has 0 aliphatic heterocycles. The van der Waals surface area contributed by atoms with E-state index in [-0.39, 0.29) is 12.5 Å². The zero-order valence-corrected chi connectivity index (χ0v) is 14.6. The van der Waals surface area contributed by atoms with Gasteiger partial charge in [0.1, 0.15) is 5.75 Å². The van der Waals surface area contributed by atoms with Crippen molar-refractivity contribution in [2.75, 3.05) is 13.2 Å². The monoisotopic (exact) mass is 353 g/mol. The Morgan fingerprint density at radius 1 is 1.08 bits per heavy atom. The summed E-state index contributed by atoms with van der Waals surface area (Å²) in [5, 5.41) is 12.2. The number of hydrogen-bond acceptors (Lipinski definition) is 3. The smallest absolute Gasteiger partial charge is 0.308 e. The summed E-state index contributed by atoms with van der Waals surface area (Å²) in [5.74, 6) is -0.774. The van der Waals surface area contributed by atoms with Crippen LogP contribution in [0.4, 0.5) is 0 Å². The van der Waals surface area contributed by atoms with Crippen molar-refractivity contribution in [3.05, 3.63) is 65.7 Å². The Labute approximate surface area is 153 Å². The maximum atomic E-state index is 12.5. The first kappa shape index (κ1) is 18.0. The fourth-order valence-electron chi connectivity index (χ4n) is 2.73. The van der Waals surface area contributed by atoms with E-state index in [1.165, 1.54) is 12.8 Å². The minimum atomic E-state index is -0.924. The molecule has 2 aromatic carbocycles. The first-order valence-electron chi connectivity index (χ1n) is 8.90. The van der Waals surface area contributed by atoms with Gasteiger partial charge in [-0.15, -0.1) is 0 Å². The van der Waals surface area contributed by atoms with Gasteiger partial charge in [-0.1, -0.05) is 42.5 Å². The number of carbonyl (C=O) groups is 2. The van der Waals surface area contributed by atoms with Crippen LogP contribution in [0.3, 0.4) is 0 Å². The Bertz CT molecular complexity index is 756. The normalized spacial score (nSPS) is 14.5. The number of amides is 1. The van der Waals surface area contributed by atoms with Gasteiger partial charge in [0.2, 0.25) is 0 Å². The minimum Gasteiger partial charge on any atom is -0.492 e. The van der Waals surface area contributed by atoms with Crippen LogP contribution in [-0.4, -0.2) is 30.1 Å². The fraction of sp³-hybridized carbons (Fsp3) is 0.333. The highest BCUT2D eigenvalue weighted by atomic mass is 16.5. The molecular weight excluding hydrogens is 330 g/mol. The molecule has 5 heteroatoms. The summed E-state index contributed by atoms with van der Waals surface area (Å²) in [6.07, 6.45) is 2.72. The van der Waals surface area contributed by atoms with E-state index in [9.17, 15) is 14.7 Å². The van der Waals surface area contributed by atoms with Crippen LogP contribution in [0.25, 0.3) is 0 Å². The summed E-state index contributed by atoms with van der Waals surface area (Å²) >= 11 is 0. The number of aliphatic carboxylic acids is 1. The SMILES string of the molecule is O=C(NCC(Cc1ccccc1)C(=O)O)c1ccccc1OCC1CC1. The van der Waals surface area contributed by atoms with E-state index in [2.05, 4.69) is 5.32 Å². The molecule has 2 aromatic rings. The molecule has 0 radical (unpaired) electrons. The fourth-order valence-corrected chi connectivity index (χ4v) is 2.73. The zero-order valence-electron chi connectivity index (χ0n) is 14.6. The lowest BCUT2D eigenvalue weighted by Gasteiger charge is -2.15. The number of hydrogen-bond donors (Lipinski definition) is 2. The standard InChI is InChI=1S/C21H23NO4/c23-20(18-8-4-5-9-19(18)26-14-16-10-11-16)22-13-17(21(24)25)12-15-6-2-1-3-7-15/h1-9,16-17H,10-14H2,(H,22,23)(H,24,25). The molecule has 1 saturated carbocycles. The van der Waals surface area contributed by atoms with Gasteiger partial charge < -0.3 is 15.2 Å². The highest BCUT2D eigenvalue weighted by Crippen LogP contribution is 2.30. The molecule has 0 spiro atoms. The van der Waals surface area contributed by atoms with Crippen molar-refractivity contribution in [1.29, 1.82) is 0 Å². The maximum absolute atomic E-state index is 12.5. The van der Waals surface area contributed by atoms with Gasteiger partial charge in [-0.3, -0.25) is 9.59 Å². The van der Waals surface area contributed by atoms with E-state index in [4.69, 9.17) is 4.74 Å². The second-order valence-corrected chi connectivity index (χ2v) is 6.69. The number of carbonyl (C=O) groups excluding carboxylic acids is 1. The van der Waals surface area contributed by atoms with Crippen LogP contribution in [-0.2, 0) is 11.2 Å². The van der Waals surface area contributed by atoms with Crippen molar-refractivity contribution in [3.8, 4) is 5.75 Å². The molecule has 1 amide bonds. The number of benzene rings is 2. The topological polar surface area (TPSA) is 75.6 Å². The van der Waals surface area contributed by atoms with Crippen molar-refractivity contribution in [1.82, 2.24) is 5.32 Å². The van der Waals surface area contributed by atoms with Crippen LogP contribution in [0.1, 0.15) is 28.8 Å². The summed E-state index contributed by atoms with van der Waals surface area (Å²) in [4.78, 5) is 24.0. The van der Waals surface area contributed by atoms with Gasteiger partial charge in [0, 0.05) is 6.54 Å². The summed E-state index contributed by atoms with van der Waals surface area (Å²) in [7, 11) is 0. The van der Waals surface area contributed by atoms with Crippen molar-refractivity contribution in [3.63, 3.8) is 0 Å². The molecule has 136 valence electrons. The Kier molecular flexibility index (Phi) is 5.89. The van der Waals surface area contributed by atoms with Crippen molar-refractivity contribution < 1.29 is 19.4 Å². The van der Waals surface area contributed by atoms with Crippen LogP contribution in [0.15, 0.2) is 54.6 Å². The lowest BCUT2D eigenvalue weighted by molar-refractivity contribution is -0.141. The van der Waals surface area contributed by atoms with Crippen molar-refractivity contribution >= 4 is 11.9 Å². The van der Waals surface area contributed by atoms with Gasteiger partial charge in [0.15, 0.2) is 0 Å². The van der Waals surface area contributed by atoms with Crippen LogP contribution < -0.4 is 10.1 Å². The predicted octanol–water partition coefficient (Wildman–Crippen LogP) is 3.15. The molecule has 1 unspecified atom stereocenters. The molecule has 2 N–H and O–H groups in total. The molecule has 0 aromatic heterocycles. The van der Waals surface area contributed by atoms with Gasteiger partial charge in [0.25, 0.3) is 5.91 Å². The minimum absolute atomic E-state index is 0.0695. The van der Waals surface area contributed by atoms with Gasteiger partial charge in [-0.25, -0.2) is 0 Å². The average molecular weight is 353 g/mol. The summed E-state index contributed by atoms with van der Waals surface area (Å²) in [6, 6.07) is 16.5. The third kappa shape index (κ3) is 5.09. The van der Waals surface area contributed by atoms with E-state index in [0.29, 0.717) is 30.3 Å². The van der Waals surface area contributed by atoms with Crippen LogP contribution in [0, 0.1) is 11.8 Å². The maximum Gasteiger partial charge on any atom is 0.308 e. The Hall–Kier alpha value is -2.82. The predicted molar refractivity (Wildman–Crippen MR) is 98.3 cm³/mol. The zero-order chi connectivity index (χ0) is 18.4. The molecule has 5 nitrogen and oxygen atoms in total. The Balaban J connectivity index is 1.60. The Morgan fingerprint density at radius 2 is 1.77 bits per heavy atom. The van der Waals surface area contributed by atoms with Gasteiger partial charge in [-0.2, -0.15) is 0 Å². The van der Waals surface area contributed by atoms with E-state index >= 15 is 0 Å². The number of rotatable bonds is 9. The summed E-state index contributed by atoms with van der Waals surface area (Å²) in [5.41, 5.74) is 1.37. The van der Waals surface area contributed by atoms with E-state index < -0.39 is 11.9 Å². The molecule has 1 aliphatic carbocycles. The van der Waals surface area contributed by atoms with Gasteiger partial charge in [0.05, 0.1) is 18.1 Å². The van der Waals surface area contributed by atoms with E-state index in [0.717, 1.165) is 5.56 Å². The summed E-state index contributed by atoms with van der Waals surface area (Å²) in [6.45, 7) is 0.691. The molecule has 3 rings (SSSR count). The van der Waals surface area contributed by atoms with Gasteiger partial charge in [-0.05, 0) is 42.9 Å². The number of para-hydroxylation sites is 1. The third-order valence-electron chi connectivity index (χ3n) is 4.49. The molecule has 0 heterocycles. The highest BCUT2D eigenvalue weighted by Gasteiger charge is 2.24. The van der Waals surface area contributed by atoms with Crippen molar-refractivity contribution in [2.45, 2.75) is 19.3 Å². The molecule has 1 atom stereocenters. The quantitative estimate of drug-likeness (QED) is 0.726. The number of nitrogens with one attached hydrogen (secondary N) is 1. The molecule has 0 bridgehead atoms. The largest absolute Gasteiger partial charge is 0.492 e. The third-order valence-corrected chi connectivity index (χ3v) is 4.49. The molecule has 1 fully saturated rings. The average Bonchev–Trinajstić information content (AvgIpc) is 3.48. The molecule has 1 aliphatic rings. The van der Waals surface area contributed by atoms with Crippen LogP contribution in [0.5, 0.6) is 5.75 Å². The summed E-state index contributed by atoms with van der Waals surface area (Å²) < 4.78 is 5.75. The molecular formula is C21H23NO4. The lowest BCUT2D eigenvalue weighted by atomic mass is 9.99. The first-order valence-corrected chi connectivity index (χ1v) is 8.90. The van der Waals surface area contributed by atoms with Crippen LogP contribution >= 0.6 is 0 Å². The number of carboxylic acids is 1. The highest BCUT2D eigenvalue weighted by molar-refractivity contribution is 5.97. The van der Waals surface area contributed by atoms with Crippen molar-refractivity contribution in [2.24, 2.45) is 11.8 Å². The molecule has 0 saturated heterocycles.